The number of hydrogen-bond acceptors (Lipinski definition) is 6. The van der Waals surface area contributed by atoms with E-state index >= 15 is 0 Å². The van der Waals surface area contributed by atoms with Crippen LogP contribution >= 0.6 is 0 Å². The molecule has 1 aliphatic carbocycles. The summed E-state index contributed by atoms with van der Waals surface area (Å²) in [5.41, 5.74) is 1.73. The lowest BCUT2D eigenvalue weighted by Gasteiger charge is -2.36. The van der Waals surface area contributed by atoms with E-state index in [1.165, 1.54) is 12.5 Å². The van der Waals surface area contributed by atoms with Gasteiger partial charge in [0.1, 0.15) is 12.1 Å². The second-order valence-electron chi connectivity index (χ2n) is 11.6. The first-order chi connectivity index (χ1) is 19.2. The number of amides is 3. The molecule has 0 bridgehead atoms. The maximum absolute atomic E-state index is 13.6. The summed E-state index contributed by atoms with van der Waals surface area (Å²) in [5.74, 6) is -3.86. The monoisotopic (exact) mass is 620 g/mol. The summed E-state index contributed by atoms with van der Waals surface area (Å²) >= 11 is 0. The van der Waals surface area contributed by atoms with E-state index in [0.717, 1.165) is 31.1 Å². The quantitative estimate of drug-likeness (QED) is 0.364. The van der Waals surface area contributed by atoms with Crippen LogP contribution in [0, 0.1) is 5.41 Å². The standard InChI is InChI=1S/C25H38N4O5S.C2HF3O2/c1-16(28-35(5,33)34)22(30)27-21(25(2,3)4)24(32)29-15-9-14-20(29)23(31)26-19-13-8-11-17-10-6-7-12-18(17)19;3-2(4,5)1(6)7/h6-7,10,12,16,19-21,28H,8-9,11,13-15H2,1-5H3,(H,26,31)(H,27,30);(H,6,7). The zero-order chi connectivity index (χ0) is 32.0. The largest absolute Gasteiger partial charge is 0.490 e. The van der Waals surface area contributed by atoms with E-state index < -0.39 is 51.6 Å². The van der Waals surface area contributed by atoms with Gasteiger partial charge < -0.3 is 20.6 Å². The minimum Gasteiger partial charge on any atom is -0.475 e. The minimum atomic E-state index is -5.08. The number of carboxylic acid groups (broad SMARTS) is 1. The number of carbonyl (C=O) groups excluding carboxylic acids is 3. The van der Waals surface area contributed by atoms with Crippen molar-refractivity contribution in [3.63, 3.8) is 0 Å². The molecule has 1 aliphatic heterocycles. The van der Waals surface area contributed by atoms with E-state index in [1.54, 1.807) is 4.90 Å². The van der Waals surface area contributed by atoms with Crippen molar-refractivity contribution in [2.24, 2.45) is 5.41 Å². The first-order valence-corrected chi connectivity index (χ1v) is 15.4. The summed E-state index contributed by atoms with van der Waals surface area (Å²) in [6.07, 6.45) is -0.00931. The Morgan fingerprint density at radius 3 is 2.19 bits per heavy atom. The van der Waals surface area contributed by atoms with Gasteiger partial charge in [-0.05, 0) is 55.6 Å². The van der Waals surface area contributed by atoms with Crippen LogP contribution in [0.2, 0.25) is 0 Å². The molecule has 1 fully saturated rings. The average Bonchev–Trinajstić information content (AvgIpc) is 3.35. The molecule has 0 radical (unpaired) electrons. The third-order valence-electron chi connectivity index (χ3n) is 6.95. The maximum Gasteiger partial charge on any atom is 0.490 e. The van der Waals surface area contributed by atoms with Crippen LogP contribution in [0.25, 0.3) is 0 Å². The molecule has 0 spiro atoms. The van der Waals surface area contributed by atoms with Crippen molar-refractivity contribution >= 4 is 33.7 Å². The molecule has 236 valence electrons. The van der Waals surface area contributed by atoms with Crippen molar-refractivity contribution in [2.75, 3.05) is 12.8 Å². The number of nitrogens with one attached hydrogen (secondary N) is 3. The summed E-state index contributed by atoms with van der Waals surface area (Å²) in [6, 6.07) is 5.49. The average molecular weight is 621 g/mol. The van der Waals surface area contributed by atoms with Gasteiger partial charge in [-0.2, -0.15) is 13.2 Å². The van der Waals surface area contributed by atoms with E-state index in [4.69, 9.17) is 9.90 Å². The number of alkyl halides is 3. The van der Waals surface area contributed by atoms with Crippen molar-refractivity contribution in [3.05, 3.63) is 35.4 Å². The lowest BCUT2D eigenvalue weighted by atomic mass is 9.85. The third kappa shape index (κ3) is 9.96. The first-order valence-electron chi connectivity index (χ1n) is 13.5. The number of aryl methyl sites for hydroxylation is 1. The lowest BCUT2D eigenvalue weighted by Crippen LogP contribution is -2.60. The van der Waals surface area contributed by atoms with Crippen LogP contribution in [-0.4, -0.2) is 79.2 Å². The van der Waals surface area contributed by atoms with Gasteiger partial charge in [0.2, 0.25) is 27.7 Å². The summed E-state index contributed by atoms with van der Waals surface area (Å²) < 4.78 is 57.0. The Kier molecular flexibility index (Phi) is 11.5. The highest BCUT2D eigenvalue weighted by atomic mass is 32.2. The number of rotatable bonds is 7. The van der Waals surface area contributed by atoms with Gasteiger partial charge in [0.05, 0.1) is 18.3 Å². The Labute approximate surface area is 243 Å². The third-order valence-corrected chi connectivity index (χ3v) is 7.73. The fourth-order valence-electron chi connectivity index (χ4n) is 4.93. The van der Waals surface area contributed by atoms with Gasteiger partial charge in [-0.3, -0.25) is 14.4 Å². The Bertz CT molecular complexity index is 1260. The van der Waals surface area contributed by atoms with E-state index in [-0.39, 0.29) is 17.9 Å². The minimum absolute atomic E-state index is 0.0777. The summed E-state index contributed by atoms with van der Waals surface area (Å²) in [6.45, 7) is 7.34. The molecule has 3 amide bonds. The number of carboxylic acids is 1. The van der Waals surface area contributed by atoms with E-state index in [0.29, 0.717) is 19.4 Å². The van der Waals surface area contributed by atoms with Crippen LogP contribution in [0.4, 0.5) is 13.2 Å². The lowest BCUT2D eigenvalue weighted by molar-refractivity contribution is -0.192. The van der Waals surface area contributed by atoms with Gasteiger partial charge in [0.25, 0.3) is 0 Å². The fraction of sp³-hybridized carbons (Fsp3) is 0.630. The normalized spacial score (nSPS) is 20.3. The zero-order valence-corrected chi connectivity index (χ0v) is 25.1. The van der Waals surface area contributed by atoms with E-state index in [1.807, 2.05) is 39.0 Å². The number of aliphatic carboxylic acids is 1. The molecule has 4 unspecified atom stereocenters. The predicted molar refractivity (Wildman–Crippen MR) is 148 cm³/mol. The molecule has 3 rings (SSSR count). The van der Waals surface area contributed by atoms with Crippen molar-refractivity contribution in [2.45, 2.75) is 90.1 Å². The summed E-state index contributed by atoms with van der Waals surface area (Å²) in [5, 5.41) is 13.0. The number of sulfonamides is 1. The molecular weight excluding hydrogens is 581 g/mol. The molecule has 0 aromatic heterocycles. The van der Waals surface area contributed by atoms with Crippen LogP contribution < -0.4 is 15.4 Å². The smallest absolute Gasteiger partial charge is 0.475 e. The van der Waals surface area contributed by atoms with Crippen LogP contribution in [-0.2, 0) is 35.6 Å². The van der Waals surface area contributed by atoms with Crippen molar-refractivity contribution in [1.29, 1.82) is 0 Å². The molecule has 2 aliphatic rings. The van der Waals surface area contributed by atoms with Gasteiger partial charge in [0, 0.05) is 6.54 Å². The molecule has 1 heterocycles. The number of fused-ring (bicyclic) bond motifs is 1. The fourth-order valence-corrected chi connectivity index (χ4v) is 5.68. The molecule has 1 aromatic rings. The van der Waals surface area contributed by atoms with Crippen molar-refractivity contribution in [1.82, 2.24) is 20.3 Å². The van der Waals surface area contributed by atoms with Gasteiger partial charge in [-0.15, -0.1) is 0 Å². The number of halogens is 3. The van der Waals surface area contributed by atoms with Crippen molar-refractivity contribution in [3.8, 4) is 0 Å². The molecule has 0 saturated carbocycles. The molecule has 11 nitrogen and oxygen atoms in total. The summed E-state index contributed by atoms with van der Waals surface area (Å²) in [4.78, 5) is 50.1. The number of hydrogen-bond donors (Lipinski definition) is 4. The van der Waals surface area contributed by atoms with Crippen LogP contribution in [0.15, 0.2) is 24.3 Å². The van der Waals surface area contributed by atoms with Gasteiger partial charge in [-0.25, -0.2) is 17.9 Å². The van der Waals surface area contributed by atoms with Gasteiger partial charge >= 0.3 is 12.1 Å². The Morgan fingerprint density at radius 2 is 1.64 bits per heavy atom. The Hall–Kier alpha value is -3.20. The number of benzene rings is 1. The number of nitrogens with zero attached hydrogens (tertiary/aromatic N) is 1. The number of carbonyl (C=O) groups is 4. The highest BCUT2D eigenvalue weighted by Crippen LogP contribution is 2.31. The highest BCUT2D eigenvalue weighted by molar-refractivity contribution is 7.88. The molecule has 1 saturated heterocycles. The second-order valence-corrected chi connectivity index (χ2v) is 13.3. The van der Waals surface area contributed by atoms with Crippen LogP contribution in [0.3, 0.4) is 0 Å². The Morgan fingerprint density at radius 1 is 1.05 bits per heavy atom. The van der Waals surface area contributed by atoms with Gasteiger partial charge in [-0.1, -0.05) is 45.0 Å². The zero-order valence-electron chi connectivity index (χ0n) is 24.2. The van der Waals surface area contributed by atoms with Crippen LogP contribution in [0.5, 0.6) is 0 Å². The maximum atomic E-state index is 13.6. The van der Waals surface area contributed by atoms with E-state index in [2.05, 4.69) is 21.4 Å². The van der Waals surface area contributed by atoms with Crippen molar-refractivity contribution < 1.29 is 45.9 Å². The molecule has 1 aromatic carbocycles. The molecule has 15 heteroatoms. The molecule has 42 heavy (non-hydrogen) atoms. The predicted octanol–water partition coefficient (Wildman–Crippen LogP) is 2.27. The molecule has 4 atom stereocenters. The number of likely N-dealkylation sites (tertiary alicyclic amines) is 1. The SMILES string of the molecule is CC(NS(C)(=O)=O)C(=O)NC(C(=O)N1CCCC1C(=O)NC1CCCc2ccccc21)C(C)(C)C.O=C(O)C(F)(F)F. The highest BCUT2D eigenvalue weighted by Gasteiger charge is 2.43. The summed E-state index contributed by atoms with van der Waals surface area (Å²) in [7, 11) is -3.59. The first kappa shape index (κ1) is 35.0. The Balaban J connectivity index is 0.000000782. The van der Waals surface area contributed by atoms with E-state index in [9.17, 15) is 36.0 Å². The topological polar surface area (TPSA) is 162 Å². The van der Waals surface area contributed by atoms with Gasteiger partial charge in [0.15, 0.2) is 0 Å². The molecule has 4 N–H and O–H groups in total. The molecular formula is C27H39F3N4O7S. The second kappa shape index (κ2) is 13.8. The van der Waals surface area contributed by atoms with Crippen LogP contribution in [0.1, 0.15) is 70.5 Å².